The Morgan fingerprint density at radius 3 is 2.65 bits per heavy atom. The van der Waals surface area contributed by atoms with E-state index in [1.165, 1.54) is 6.42 Å². The molecule has 1 aliphatic heterocycles. The van der Waals surface area contributed by atoms with E-state index in [0.717, 1.165) is 45.4 Å². The zero-order valence-corrected chi connectivity index (χ0v) is 13.6. The fourth-order valence-electron chi connectivity index (χ4n) is 3.30. The number of piperazine rings is 1. The summed E-state index contributed by atoms with van der Waals surface area (Å²) in [7, 11) is -3.14. The van der Waals surface area contributed by atoms with Crippen LogP contribution in [0, 0.1) is 5.41 Å². The van der Waals surface area contributed by atoms with Crippen molar-refractivity contribution in [2.24, 2.45) is 5.41 Å². The van der Waals surface area contributed by atoms with E-state index in [1.54, 1.807) is 0 Å². The Hall–Kier alpha value is -0.170. The van der Waals surface area contributed by atoms with E-state index in [0.29, 0.717) is 6.54 Å². The van der Waals surface area contributed by atoms with Crippen molar-refractivity contribution in [3.05, 3.63) is 0 Å². The highest BCUT2D eigenvalue weighted by molar-refractivity contribution is 7.89. The van der Waals surface area contributed by atoms with E-state index in [1.807, 2.05) is 0 Å². The van der Waals surface area contributed by atoms with E-state index >= 15 is 0 Å². The Morgan fingerprint density at radius 1 is 1.30 bits per heavy atom. The second-order valence-electron chi connectivity index (χ2n) is 6.99. The third-order valence-electron chi connectivity index (χ3n) is 4.44. The van der Waals surface area contributed by atoms with Gasteiger partial charge in [-0.1, -0.05) is 20.3 Å². The first-order valence-electron chi connectivity index (χ1n) is 7.79. The number of hydrogen-bond donors (Lipinski definition) is 2. The second kappa shape index (κ2) is 6.73. The number of nitrogens with one attached hydrogen (secondary N) is 2. The third-order valence-corrected chi connectivity index (χ3v) is 5.85. The molecule has 5 nitrogen and oxygen atoms in total. The lowest BCUT2D eigenvalue weighted by atomic mass is 9.75. The van der Waals surface area contributed by atoms with E-state index < -0.39 is 10.0 Å². The average Bonchev–Trinajstić information content (AvgIpc) is 2.36. The van der Waals surface area contributed by atoms with Gasteiger partial charge in [0.15, 0.2) is 0 Å². The smallest absolute Gasteiger partial charge is 0.213 e. The molecule has 1 unspecified atom stereocenters. The van der Waals surface area contributed by atoms with Gasteiger partial charge in [-0.3, -0.25) is 4.90 Å². The SMILES string of the molecule is CC1(C)CCCC(NS(=O)(=O)CCN2CCNCC2)C1. The van der Waals surface area contributed by atoms with Crippen molar-refractivity contribution in [1.82, 2.24) is 14.9 Å². The largest absolute Gasteiger partial charge is 0.314 e. The minimum Gasteiger partial charge on any atom is -0.314 e. The van der Waals surface area contributed by atoms with Crippen LogP contribution >= 0.6 is 0 Å². The first kappa shape index (κ1) is 16.2. The van der Waals surface area contributed by atoms with Gasteiger partial charge in [0.05, 0.1) is 5.75 Å². The quantitative estimate of drug-likeness (QED) is 0.788. The summed E-state index contributed by atoms with van der Waals surface area (Å²) in [6, 6.07) is 0.131. The van der Waals surface area contributed by atoms with Gasteiger partial charge in [-0.2, -0.15) is 0 Å². The summed E-state index contributed by atoms with van der Waals surface area (Å²) in [4.78, 5) is 2.22. The monoisotopic (exact) mass is 303 g/mol. The zero-order valence-electron chi connectivity index (χ0n) is 12.8. The van der Waals surface area contributed by atoms with Crippen LogP contribution in [-0.4, -0.2) is 57.8 Å². The topological polar surface area (TPSA) is 61.4 Å². The van der Waals surface area contributed by atoms with Crippen LogP contribution < -0.4 is 10.0 Å². The fourth-order valence-corrected chi connectivity index (χ4v) is 4.62. The van der Waals surface area contributed by atoms with Crippen LogP contribution in [0.2, 0.25) is 0 Å². The van der Waals surface area contributed by atoms with Gasteiger partial charge in [-0.25, -0.2) is 13.1 Å². The van der Waals surface area contributed by atoms with Gasteiger partial charge in [0.1, 0.15) is 0 Å². The molecule has 1 saturated carbocycles. The molecule has 2 fully saturated rings. The third kappa shape index (κ3) is 5.31. The van der Waals surface area contributed by atoms with E-state index in [4.69, 9.17) is 0 Å². The number of sulfonamides is 1. The van der Waals surface area contributed by atoms with E-state index in [2.05, 4.69) is 28.8 Å². The van der Waals surface area contributed by atoms with Gasteiger partial charge in [0, 0.05) is 38.8 Å². The predicted molar refractivity (Wildman–Crippen MR) is 82.3 cm³/mol. The fraction of sp³-hybridized carbons (Fsp3) is 1.00. The molecule has 0 bridgehead atoms. The first-order chi connectivity index (χ1) is 9.36. The minimum atomic E-state index is -3.14. The first-order valence-corrected chi connectivity index (χ1v) is 9.45. The lowest BCUT2D eigenvalue weighted by Gasteiger charge is -2.35. The highest BCUT2D eigenvalue weighted by atomic mass is 32.2. The van der Waals surface area contributed by atoms with Crippen LogP contribution in [0.15, 0.2) is 0 Å². The second-order valence-corrected chi connectivity index (χ2v) is 8.86. The maximum Gasteiger partial charge on any atom is 0.213 e. The molecular formula is C14H29N3O2S. The van der Waals surface area contributed by atoms with Gasteiger partial charge in [-0.05, 0) is 24.7 Å². The lowest BCUT2D eigenvalue weighted by molar-refractivity contribution is 0.212. The Bertz CT molecular complexity index is 403. The Morgan fingerprint density at radius 2 is 2.00 bits per heavy atom. The summed E-state index contributed by atoms with van der Waals surface area (Å²) in [6.45, 7) is 8.93. The molecule has 2 rings (SSSR count). The maximum absolute atomic E-state index is 12.2. The van der Waals surface area contributed by atoms with Crippen LogP contribution in [0.25, 0.3) is 0 Å². The molecule has 2 aliphatic rings. The van der Waals surface area contributed by atoms with Gasteiger partial charge < -0.3 is 5.32 Å². The lowest BCUT2D eigenvalue weighted by Crippen LogP contribution is -2.47. The molecular weight excluding hydrogens is 274 g/mol. The van der Waals surface area contributed by atoms with Crippen molar-refractivity contribution in [1.29, 1.82) is 0 Å². The molecule has 0 radical (unpaired) electrons. The standard InChI is InChI=1S/C14H29N3O2S/c1-14(2)5-3-4-13(12-14)16-20(18,19)11-10-17-8-6-15-7-9-17/h13,15-16H,3-12H2,1-2H3. The van der Waals surface area contributed by atoms with Gasteiger partial charge in [-0.15, -0.1) is 0 Å². The van der Waals surface area contributed by atoms with Gasteiger partial charge >= 0.3 is 0 Å². The maximum atomic E-state index is 12.2. The Labute approximate surface area is 123 Å². The molecule has 0 aromatic rings. The van der Waals surface area contributed by atoms with Crippen molar-refractivity contribution in [3.63, 3.8) is 0 Å². The predicted octanol–water partition coefficient (Wildman–Crippen LogP) is 0.780. The molecule has 20 heavy (non-hydrogen) atoms. The van der Waals surface area contributed by atoms with Crippen molar-refractivity contribution >= 4 is 10.0 Å². The molecule has 1 saturated heterocycles. The normalized spacial score (nSPS) is 28.4. The van der Waals surface area contributed by atoms with Crippen LogP contribution in [0.3, 0.4) is 0 Å². The summed E-state index contributed by atoms with van der Waals surface area (Å²) in [6.07, 6.45) is 4.26. The van der Waals surface area contributed by atoms with Crippen LogP contribution in [0.1, 0.15) is 39.5 Å². The van der Waals surface area contributed by atoms with Crippen molar-refractivity contribution in [2.45, 2.75) is 45.6 Å². The van der Waals surface area contributed by atoms with Gasteiger partial charge in [0.25, 0.3) is 0 Å². The van der Waals surface area contributed by atoms with Crippen molar-refractivity contribution < 1.29 is 8.42 Å². The van der Waals surface area contributed by atoms with Crippen molar-refractivity contribution in [3.8, 4) is 0 Å². The molecule has 6 heteroatoms. The molecule has 2 N–H and O–H groups in total. The zero-order chi connectivity index (χ0) is 14.6. The molecule has 1 atom stereocenters. The van der Waals surface area contributed by atoms with Gasteiger partial charge in [0.2, 0.25) is 10.0 Å². The summed E-state index contributed by atoms with van der Waals surface area (Å²) in [5, 5.41) is 3.28. The summed E-state index contributed by atoms with van der Waals surface area (Å²) >= 11 is 0. The molecule has 0 aromatic carbocycles. The van der Waals surface area contributed by atoms with Crippen LogP contribution in [0.4, 0.5) is 0 Å². The minimum absolute atomic E-state index is 0.131. The molecule has 0 aromatic heterocycles. The summed E-state index contributed by atoms with van der Waals surface area (Å²) < 4.78 is 27.3. The Kier molecular flexibility index (Phi) is 5.45. The molecule has 0 spiro atoms. The van der Waals surface area contributed by atoms with E-state index in [9.17, 15) is 8.42 Å². The number of rotatable bonds is 5. The molecule has 0 amide bonds. The van der Waals surface area contributed by atoms with Crippen LogP contribution in [0.5, 0.6) is 0 Å². The number of nitrogens with zero attached hydrogens (tertiary/aromatic N) is 1. The highest BCUT2D eigenvalue weighted by Gasteiger charge is 2.30. The highest BCUT2D eigenvalue weighted by Crippen LogP contribution is 2.35. The molecule has 118 valence electrons. The summed E-state index contributed by atoms with van der Waals surface area (Å²) in [5.41, 5.74) is 0.268. The van der Waals surface area contributed by atoms with Crippen LogP contribution in [-0.2, 0) is 10.0 Å². The average molecular weight is 303 g/mol. The summed E-state index contributed by atoms with van der Waals surface area (Å²) in [5.74, 6) is 0.226. The Balaban J connectivity index is 1.78. The van der Waals surface area contributed by atoms with E-state index in [-0.39, 0.29) is 17.2 Å². The number of hydrogen-bond acceptors (Lipinski definition) is 4. The van der Waals surface area contributed by atoms with Crippen molar-refractivity contribution in [2.75, 3.05) is 38.5 Å². The molecule has 1 aliphatic carbocycles. The molecule has 1 heterocycles.